The van der Waals surface area contributed by atoms with Crippen molar-refractivity contribution in [1.29, 1.82) is 0 Å². The van der Waals surface area contributed by atoms with E-state index in [1.165, 1.54) is 0 Å². The zero-order chi connectivity index (χ0) is 22.1. The Bertz CT molecular complexity index is 853. The van der Waals surface area contributed by atoms with E-state index in [0.717, 1.165) is 24.0 Å². The maximum Gasteiger partial charge on any atom is 0.242 e. The van der Waals surface area contributed by atoms with Crippen LogP contribution in [-0.4, -0.2) is 29.3 Å². The van der Waals surface area contributed by atoms with Crippen molar-refractivity contribution in [3.8, 4) is 0 Å². The highest BCUT2D eigenvalue weighted by molar-refractivity contribution is 6.35. The van der Waals surface area contributed by atoms with E-state index in [-0.39, 0.29) is 18.2 Å². The minimum atomic E-state index is -0.540. The van der Waals surface area contributed by atoms with Gasteiger partial charge in [0.15, 0.2) is 0 Å². The van der Waals surface area contributed by atoms with Crippen LogP contribution in [0.2, 0.25) is 10.0 Å². The number of nitrogens with one attached hydrogen (secondary N) is 1. The minimum Gasteiger partial charge on any atom is -0.354 e. The van der Waals surface area contributed by atoms with Crippen LogP contribution in [-0.2, 0) is 22.6 Å². The number of hydrogen-bond acceptors (Lipinski definition) is 2. The van der Waals surface area contributed by atoms with Crippen molar-refractivity contribution in [1.82, 2.24) is 10.2 Å². The number of hydrogen-bond donors (Lipinski definition) is 1. The molecule has 0 saturated carbocycles. The van der Waals surface area contributed by atoms with Crippen molar-refractivity contribution >= 4 is 35.0 Å². The summed E-state index contributed by atoms with van der Waals surface area (Å²) in [5.41, 5.74) is 2.83. The molecule has 2 amide bonds. The number of carbonyl (C=O) groups is 2. The van der Waals surface area contributed by atoms with Gasteiger partial charge in [-0.05, 0) is 43.0 Å². The summed E-state index contributed by atoms with van der Waals surface area (Å²) in [6.07, 6.45) is 2.55. The minimum absolute atomic E-state index is 0.112. The van der Waals surface area contributed by atoms with Crippen LogP contribution < -0.4 is 5.32 Å². The van der Waals surface area contributed by atoms with Crippen LogP contribution in [0.15, 0.2) is 42.5 Å². The summed E-state index contributed by atoms with van der Waals surface area (Å²) >= 11 is 12.3. The van der Waals surface area contributed by atoms with Gasteiger partial charge < -0.3 is 10.2 Å². The Kier molecular flexibility index (Phi) is 9.67. The second-order valence-corrected chi connectivity index (χ2v) is 8.33. The Balaban J connectivity index is 2.26. The number of carbonyl (C=O) groups excluding carboxylic acids is 2. The first-order chi connectivity index (χ1) is 14.3. The lowest BCUT2D eigenvalue weighted by Crippen LogP contribution is -2.49. The number of aryl methyl sites for hydroxylation is 1. The van der Waals surface area contributed by atoms with E-state index in [9.17, 15) is 9.59 Å². The van der Waals surface area contributed by atoms with Gasteiger partial charge in [-0.15, -0.1) is 0 Å². The molecule has 2 rings (SSSR count). The standard InChI is InChI=1S/C24H30Cl2N2O2/c1-4-6-13-27-24(30)22(5-2)28(16-18-9-7-17(3)8-10-18)23(29)14-19-11-12-20(25)15-21(19)26/h7-12,15,22H,4-6,13-14,16H2,1-3H3,(H,27,30). The number of halogens is 2. The number of amides is 2. The molecule has 2 aromatic rings. The van der Waals surface area contributed by atoms with Gasteiger partial charge in [-0.3, -0.25) is 9.59 Å². The zero-order valence-corrected chi connectivity index (χ0v) is 19.4. The van der Waals surface area contributed by atoms with E-state index in [4.69, 9.17) is 23.2 Å². The lowest BCUT2D eigenvalue weighted by Gasteiger charge is -2.31. The highest BCUT2D eigenvalue weighted by Gasteiger charge is 2.28. The zero-order valence-electron chi connectivity index (χ0n) is 17.9. The summed E-state index contributed by atoms with van der Waals surface area (Å²) in [7, 11) is 0. The average Bonchev–Trinajstić information content (AvgIpc) is 2.71. The van der Waals surface area contributed by atoms with Crippen LogP contribution in [0.1, 0.15) is 49.8 Å². The number of benzene rings is 2. The van der Waals surface area contributed by atoms with Crippen molar-refractivity contribution in [2.45, 2.75) is 59.0 Å². The average molecular weight is 449 g/mol. The molecule has 0 radical (unpaired) electrons. The molecule has 0 aliphatic rings. The Morgan fingerprint density at radius 1 is 1.07 bits per heavy atom. The van der Waals surface area contributed by atoms with E-state index < -0.39 is 6.04 Å². The fourth-order valence-electron chi connectivity index (χ4n) is 3.25. The molecule has 0 spiro atoms. The predicted molar refractivity (Wildman–Crippen MR) is 124 cm³/mol. The van der Waals surface area contributed by atoms with Crippen LogP contribution >= 0.6 is 23.2 Å². The molecule has 0 fully saturated rings. The third-order valence-electron chi connectivity index (χ3n) is 5.05. The van der Waals surface area contributed by atoms with Crippen LogP contribution in [0.4, 0.5) is 0 Å². The van der Waals surface area contributed by atoms with Gasteiger partial charge in [-0.25, -0.2) is 0 Å². The second kappa shape index (κ2) is 12.0. The van der Waals surface area contributed by atoms with Gasteiger partial charge >= 0.3 is 0 Å². The highest BCUT2D eigenvalue weighted by atomic mass is 35.5. The smallest absolute Gasteiger partial charge is 0.242 e. The van der Waals surface area contributed by atoms with Crippen molar-refractivity contribution in [3.63, 3.8) is 0 Å². The van der Waals surface area contributed by atoms with Crippen LogP contribution in [0.25, 0.3) is 0 Å². The topological polar surface area (TPSA) is 49.4 Å². The molecule has 1 N–H and O–H groups in total. The van der Waals surface area contributed by atoms with Crippen molar-refractivity contribution in [2.75, 3.05) is 6.54 Å². The van der Waals surface area contributed by atoms with E-state index in [2.05, 4.69) is 12.2 Å². The summed E-state index contributed by atoms with van der Waals surface area (Å²) in [4.78, 5) is 27.8. The van der Waals surface area contributed by atoms with Crippen molar-refractivity contribution in [2.24, 2.45) is 0 Å². The molecule has 0 bridgehead atoms. The van der Waals surface area contributed by atoms with E-state index >= 15 is 0 Å². The van der Waals surface area contributed by atoms with Crippen LogP contribution in [0.3, 0.4) is 0 Å². The normalized spacial score (nSPS) is 11.8. The summed E-state index contributed by atoms with van der Waals surface area (Å²) in [5, 5.41) is 3.94. The Labute approximate surface area is 189 Å². The maximum absolute atomic E-state index is 13.3. The van der Waals surface area contributed by atoms with Gasteiger partial charge in [-0.2, -0.15) is 0 Å². The lowest BCUT2D eigenvalue weighted by atomic mass is 10.1. The molecule has 6 heteroatoms. The number of nitrogens with zero attached hydrogens (tertiary/aromatic N) is 1. The highest BCUT2D eigenvalue weighted by Crippen LogP contribution is 2.23. The molecule has 1 atom stereocenters. The largest absolute Gasteiger partial charge is 0.354 e. The predicted octanol–water partition coefficient (Wildman–Crippen LogP) is 5.57. The molecule has 0 saturated heterocycles. The third-order valence-corrected chi connectivity index (χ3v) is 5.63. The van der Waals surface area contributed by atoms with Gasteiger partial charge in [0.05, 0.1) is 6.42 Å². The SMILES string of the molecule is CCCCNC(=O)C(CC)N(Cc1ccc(C)cc1)C(=O)Cc1ccc(Cl)cc1Cl. The van der Waals surface area contributed by atoms with Gasteiger partial charge in [0.2, 0.25) is 11.8 Å². The van der Waals surface area contributed by atoms with Crippen LogP contribution in [0, 0.1) is 6.92 Å². The van der Waals surface area contributed by atoms with Crippen molar-refractivity contribution < 1.29 is 9.59 Å². The van der Waals surface area contributed by atoms with E-state index in [1.54, 1.807) is 23.1 Å². The van der Waals surface area contributed by atoms with Gasteiger partial charge in [0, 0.05) is 23.1 Å². The third kappa shape index (κ3) is 7.03. The first kappa shape index (κ1) is 24.2. The lowest BCUT2D eigenvalue weighted by molar-refractivity contribution is -0.140. The summed E-state index contributed by atoms with van der Waals surface area (Å²) in [6, 6.07) is 12.6. The molecule has 2 aromatic carbocycles. The quantitative estimate of drug-likeness (QED) is 0.483. The molecule has 4 nitrogen and oxygen atoms in total. The van der Waals surface area contributed by atoms with E-state index in [0.29, 0.717) is 35.1 Å². The Hall–Kier alpha value is -2.04. The monoisotopic (exact) mass is 448 g/mol. The summed E-state index contributed by atoms with van der Waals surface area (Å²) < 4.78 is 0. The van der Waals surface area contributed by atoms with Crippen LogP contribution in [0.5, 0.6) is 0 Å². The van der Waals surface area contributed by atoms with Gasteiger partial charge in [0.1, 0.15) is 6.04 Å². The first-order valence-electron chi connectivity index (χ1n) is 10.4. The molecule has 0 aliphatic heterocycles. The van der Waals surface area contributed by atoms with E-state index in [1.807, 2.05) is 38.1 Å². The fraction of sp³-hybridized carbons (Fsp3) is 0.417. The Morgan fingerprint density at radius 2 is 1.77 bits per heavy atom. The molecule has 162 valence electrons. The molecular weight excluding hydrogens is 419 g/mol. The van der Waals surface area contributed by atoms with Gasteiger partial charge in [0.25, 0.3) is 0 Å². The molecule has 30 heavy (non-hydrogen) atoms. The van der Waals surface area contributed by atoms with Crippen molar-refractivity contribution in [3.05, 3.63) is 69.2 Å². The summed E-state index contributed by atoms with van der Waals surface area (Å²) in [5.74, 6) is -0.258. The second-order valence-electron chi connectivity index (χ2n) is 7.49. The molecule has 0 aromatic heterocycles. The maximum atomic E-state index is 13.3. The molecule has 0 aliphatic carbocycles. The first-order valence-corrected chi connectivity index (χ1v) is 11.2. The molecule has 1 unspecified atom stereocenters. The van der Waals surface area contributed by atoms with Gasteiger partial charge in [-0.1, -0.05) is 79.4 Å². The molecule has 0 heterocycles. The number of rotatable bonds is 10. The molecular formula is C24H30Cl2N2O2. The Morgan fingerprint density at radius 3 is 2.37 bits per heavy atom. The number of unbranched alkanes of at least 4 members (excludes halogenated alkanes) is 1. The fourth-order valence-corrected chi connectivity index (χ4v) is 3.72. The summed E-state index contributed by atoms with van der Waals surface area (Å²) in [6.45, 7) is 7.00.